The second kappa shape index (κ2) is 2.70. The van der Waals surface area contributed by atoms with E-state index in [1.54, 1.807) is 6.07 Å². The Morgan fingerprint density at radius 1 is 1.80 bits per heavy atom. The summed E-state index contributed by atoms with van der Waals surface area (Å²) in [5.74, 6) is 1.10. The number of rotatable bonds is 2. The van der Waals surface area contributed by atoms with Crippen molar-refractivity contribution >= 4 is 0 Å². The van der Waals surface area contributed by atoms with Gasteiger partial charge >= 0.3 is 0 Å². The predicted molar refractivity (Wildman–Crippen MR) is 35.7 cm³/mol. The second-order valence-corrected chi connectivity index (χ2v) is 2.06. The van der Waals surface area contributed by atoms with Gasteiger partial charge in [0.2, 0.25) is 0 Å². The fourth-order valence-corrected chi connectivity index (χ4v) is 0.583. The topological polar surface area (TPSA) is 61.3 Å². The highest BCUT2D eigenvalue weighted by molar-refractivity contribution is 5.12. The Morgan fingerprint density at radius 3 is 2.80 bits per heavy atom. The Bertz CT molecular complexity index is 207. The Balaban J connectivity index is 2.78. The van der Waals surface area contributed by atoms with Crippen LogP contribution in [0.5, 0.6) is 5.88 Å². The zero-order chi connectivity index (χ0) is 7.56. The van der Waals surface area contributed by atoms with Crippen molar-refractivity contribution < 1.29 is 9.26 Å². The highest BCUT2D eigenvalue weighted by Crippen LogP contribution is 2.15. The van der Waals surface area contributed by atoms with Gasteiger partial charge in [0.15, 0.2) is 5.76 Å². The number of nitrogens with zero attached hydrogens (tertiary/aromatic N) is 1. The third kappa shape index (κ3) is 1.27. The van der Waals surface area contributed by atoms with Gasteiger partial charge in [0.1, 0.15) is 0 Å². The fraction of sp³-hybridized carbons (Fsp3) is 0.500. The molecule has 0 bridgehead atoms. The van der Waals surface area contributed by atoms with E-state index in [1.165, 1.54) is 7.11 Å². The van der Waals surface area contributed by atoms with Gasteiger partial charge in [-0.05, 0) is 12.1 Å². The Kier molecular flexibility index (Phi) is 1.91. The number of nitrogens with two attached hydrogens (primary N) is 1. The zero-order valence-electron chi connectivity index (χ0n) is 6.00. The molecule has 0 aliphatic heterocycles. The smallest absolute Gasteiger partial charge is 0.254 e. The molecule has 1 atom stereocenters. The molecular weight excluding hydrogens is 132 g/mol. The third-order valence-corrected chi connectivity index (χ3v) is 1.16. The van der Waals surface area contributed by atoms with Crippen LogP contribution in [0.25, 0.3) is 0 Å². The van der Waals surface area contributed by atoms with Gasteiger partial charge in [0.25, 0.3) is 5.88 Å². The van der Waals surface area contributed by atoms with Crippen molar-refractivity contribution in [3.05, 3.63) is 11.8 Å². The van der Waals surface area contributed by atoms with Crippen molar-refractivity contribution in [3.8, 4) is 5.88 Å². The van der Waals surface area contributed by atoms with Gasteiger partial charge in [-0.2, -0.15) is 0 Å². The molecule has 0 radical (unpaired) electrons. The number of hydrogen-bond donors (Lipinski definition) is 1. The van der Waals surface area contributed by atoms with E-state index in [0.717, 1.165) is 0 Å². The molecule has 0 aliphatic rings. The molecule has 1 aromatic heterocycles. The van der Waals surface area contributed by atoms with Crippen molar-refractivity contribution in [1.29, 1.82) is 0 Å². The second-order valence-electron chi connectivity index (χ2n) is 2.06. The molecule has 0 saturated carbocycles. The molecule has 4 nitrogen and oxygen atoms in total. The fourth-order valence-electron chi connectivity index (χ4n) is 0.583. The summed E-state index contributed by atoms with van der Waals surface area (Å²) in [6, 6.07) is 1.54. The molecule has 0 aromatic carbocycles. The van der Waals surface area contributed by atoms with Crippen molar-refractivity contribution in [2.45, 2.75) is 13.0 Å². The summed E-state index contributed by atoms with van der Waals surface area (Å²) in [4.78, 5) is 0. The summed E-state index contributed by atoms with van der Waals surface area (Å²) in [5.41, 5.74) is 5.49. The molecule has 0 aliphatic carbocycles. The van der Waals surface area contributed by atoms with E-state index in [4.69, 9.17) is 15.0 Å². The van der Waals surface area contributed by atoms with Crippen LogP contribution in [-0.2, 0) is 0 Å². The zero-order valence-corrected chi connectivity index (χ0v) is 6.00. The van der Waals surface area contributed by atoms with Crippen molar-refractivity contribution in [2.75, 3.05) is 7.11 Å². The van der Waals surface area contributed by atoms with Gasteiger partial charge in [-0.1, -0.05) is 0 Å². The first-order valence-corrected chi connectivity index (χ1v) is 3.00. The maximum absolute atomic E-state index is 5.49. The lowest BCUT2D eigenvalue weighted by molar-refractivity contribution is 0.320. The van der Waals surface area contributed by atoms with Gasteiger partial charge in [-0.15, -0.1) is 0 Å². The minimum Gasteiger partial charge on any atom is -0.479 e. The van der Waals surface area contributed by atoms with Crippen LogP contribution < -0.4 is 10.5 Å². The summed E-state index contributed by atoms with van der Waals surface area (Å²) in [7, 11) is 1.53. The molecule has 0 spiro atoms. The molecule has 1 heterocycles. The Morgan fingerprint density at radius 2 is 2.50 bits per heavy atom. The summed E-state index contributed by atoms with van der Waals surface area (Å²) in [5, 5.41) is 3.58. The first kappa shape index (κ1) is 7.08. The van der Waals surface area contributed by atoms with Crippen LogP contribution in [0.15, 0.2) is 10.6 Å². The molecule has 4 heteroatoms. The van der Waals surface area contributed by atoms with E-state index in [0.29, 0.717) is 11.6 Å². The molecule has 0 saturated heterocycles. The third-order valence-electron chi connectivity index (χ3n) is 1.16. The maximum Gasteiger partial charge on any atom is 0.254 e. The van der Waals surface area contributed by atoms with Gasteiger partial charge in [-0.3, -0.25) is 0 Å². The highest BCUT2D eigenvalue weighted by Gasteiger charge is 2.06. The molecule has 0 amide bonds. The lowest BCUT2D eigenvalue weighted by atomic mass is 10.3. The number of ether oxygens (including phenoxy) is 1. The quantitative estimate of drug-likeness (QED) is 0.660. The van der Waals surface area contributed by atoms with Gasteiger partial charge in [-0.25, -0.2) is 0 Å². The van der Waals surface area contributed by atoms with Crippen LogP contribution in [0.2, 0.25) is 0 Å². The molecule has 1 rings (SSSR count). The molecule has 56 valence electrons. The van der Waals surface area contributed by atoms with Crippen LogP contribution in [0.1, 0.15) is 18.7 Å². The molecule has 0 unspecified atom stereocenters. The molecular formula is C6H10N2O2. The summed E-state index contributed by atoms with van der Waals surface area (Å²) >= 11 is 0. The summed E-state index contributed by atoms with van der Waals surface area (Å²) in [6.45, 7) is 1.82. The van der Waals surface area contributed by atoms with Gasteiger partial charge in [0.05, 0.1) is 13.2 Å². The van der Waals surface area contributed by atoms with E-state index in [2.05, 4.69) is 5.16 Å². The average molecular weight is 142 g/mol. The van der Waals surface area contributed by atoms with E-state index >= 15 is 0 Å². The van der Waals surface area contributed by atoms with Crippen molar-refractivity contribution in [1.82, 2.24) is 5.16 Å². The lowest BCUT2D eigenvalue weighted by Crippen LogP contribution is -2.02. The highest BCUT2D eigenvalue weighted by atomic mass is 16.5. The normalized spacial score (nSPS) is 13.1. The maximum atomic E-state index is 5.49. The lowest BCUT2D eigenvalue weighted by Gasteiger charge is -1.93. The van der Waals surface area contributed by atoms with Crippen LogP contribution in [-0.4, -0.2) is 12.3 Å². The summed E-state index contributed by atoms with van der Waals surface area (Å²) in [6.07, 6.45) is 0. The van der Waals surface area contributed by atoms with Crippen LogP contribution in [0.4, 0.5) is 0 Å². The number of aromatic nitrogens is 1. The SMILES string of the molecule is COc1cc([C@@H](C)N)on1. The Hall–Kier alpha value is -1.03. The van der Waals surface area contributed by atoms with Crippen molar-refractivity contribution in [3.63, 3.8) is 0 Å². The minimum atomic E-state index is -0.128. The first-order chi connectivity index (χ1) is 4.74. The van der Waals surface area contributed by atoms with Crippen molar-refractivity contribution in [2.24, 2.45) is 5.73 Å². The monoisotopic (exact) mass is 142 g/mol. The predicted octanol–water partition coefficient (Wildman–Crippen LogP) is 0.703. The largest absolute Gasteiger partial charge is 0.479 e. The molecule has 2 N–H and O–H groups in total. The minimum absolute atomic E-state index is 0.128. The van der Waals surface area contributed by atoms with Gasteiger partial charge < -0.3 is 15.0 Å². The number of hydrogen-bond acceptors (Lipinski definition) is 4. The van der Waals surface area contributed by atoms with Crippen LogP contribution in [0.3, 0.4) is 0 Å². The van der Waals surface area contributed by atoms with Gasteiger partial charge in [0, 0.05) is 6.07 Å². The van der Waals surface area contributed by atoms with E-state index in [9.17, 15) is 0 Å². The molecule has 0 fully saturated rings. The van der Waals surface area contributed by atoms with Crippen LogP contribution >= 0.6 is 0 Å². The van der Waals surface area contributed by atoms with Crippen LogP contribution in [0, 0.1) is 0 Å². The summed E-state index contributed by atoms with van der Waals surface area (Å²) < 4.78 is 9.60. The standard InChI is InChI=1S/C6H10N2O2/c1-4(7)5-3-6(9-2)8-10-5/h3-4H,7H2,1-2H3/t4-/m1/s1. The first-order valence-electron chi connectivity index (χ1n) is 3.00. The van der Waals surface area contributed by atoms with E-state index < -0.39 is 0 Å². The molecule has 1 aromatic rings. The van der Waals surface area contributed by atoms with E-state index in [-0.39, 0.29) is 6.04 Å². The number of methoxy groups -OCH3 is 1. The molecule has 10 heavy (non-hydrogen) atoms. The van der Waals surface area contributed by atoms with E-state index in [1.807, 2.05) is 6.92 Å². The Labute approximate surface area is 58.9 Å². The average Bonchev–Trinajstić information content (AvgIpc) is 2.34.